The highest BCUT2D eigenvalue weighted by atomic mass is 32.2. The smallest absolute Gasteiger partial charge is 0.175 e. The molecule has 96 valence electrons. The van der Waals surface area contributed by atoms with E-state index in [1.807, 2.05) is 19.9 Å². The Kier molecular flexibility index (Phi) is 2.90. The minimum Gasteiger partial charge on any atom is -0.397 e. The van der Waals surface area contributed by atoms with E-state index in [1.54, 1.807) is 10.7 Å². The number of sulfone groups is 1. The summed E-state index contributed by atoms with van der Waals surface area (Å²) >= 11 is 0. The van der Waals surface area contributed by atoms with Crippen LogP contribution in [0.2, 0.25) is 0 Å². The molecule has 5 nitrogen and oxygen atoms in total. The molecule has 0 fully saturated rings. The fraction of sp³-hybridized carbons (Fsp3) is 0.250. The lowest BCUT2D eigenvalue weighted by atomic mass is 10.2. The third-order valence-electron chi connectivity index (χ3n) is 2.66. The van der Waals surface area contributed by atoms with E-state index in [0.29, 0.717) is 11.4 Å². The Bertz CT molecular complexity index is 702. The van der Waals surface area contributed by atoms with Crippen LogP contribution in [0, 0.1) is 13.8 Å². The molecule has 6 heteroatoms. The van der Waals surface area contributed by atoms with Crippen LogP contribution in [0.25, 0.3) is 5.69 Å². The van der Waals surface area contributed by atoms with Gasteiger partial charge in [-0.25, -0.2) is 13.1 Å². The first-order valence-corrected chi connectivity index (χ1v) is 7.31. The van der Waals surface area contributed by atoms with Crippen molar-refractivity contribution in [1.29, 1.82) is 0 Å². The molecule has 0 bridgehead atoms. The first-order chi connectivity index (χ1) is 8.29. The molecule has 2 rings (SSSR count). The highest BCUT2D eigenvalue weighted by Gasteiger charge is 2.12. The zero-order valence-electron chi connectivity index (χ0n) is 10.5. The van der Waals surface area contributed by atoms with Crippen molar-refractivity contribution in [3.05, 3.63) is 35.7 Å². The van der Waals surface area contributed by atoms with Gasteiger partial charge in [-0.15, -0.1) is 0 Å². The number of anilines is 1. The third-order valence-corrected chi connectivity index (χ3v) is 3.78. The summed E-state index contributed by atoms with van der Waals surface area (Å²) in [6, 6.07) is 6.60. The summed E-state index contributed by atoms with van der Waals surface area (Å²) in [4.78, 5) is 0.213. The molecule has 0 saturated heterocycles. The molecule has 1 aromatic heterocycles. The number of hydrogen-bond donors (Lipinski definition) is 1. The zero-order valence-corrected chi connectivity index (χ0v) is 11.3. The van der Waals surface area contributed by atoms with Gasteiger partial charge in [0.1, 0.15) is 0 Å². The number of rotatable bonds is 2. The monoisotopic (exact) mass is 265 g/mol. The summed E-state index contributed by atoms with van der Waals surface area (Å²) in [6.07, 6.45) is 1.16. The van der Waals surface area contributed by atoms with Gasteiger partial charge in [-0.2, -0.15) is 5.10 Å². The van der Waals surface area contributed by atoms with Gasteiger partial charge in [0, 0.05) is 11.9 Å². The second-order valence-electron chi connectivity index (χ2n) is 4.33. The molecule has 18 heavy (non-hydrogen) atoms. The molecule has 0 spiro atoms. The van der Waals surface area contributed by atoms with Gasteiger partial charge in [0.15, 0.2) is 9.84 Å². The molecule has 0 aliphatic rings. The molecule has 2 N–H and O–H groups in total. The van der Waals surface area contributed by atoms with Crippen molar-refractivity contribution < 1.29 is 8.42 Å². The predicted octanol–water partition coefficient (Wildman–Crippen LogP) is 1.47. The second-order valence-corrected chi connectivity index (χ2v) is 6.35. The van der Waals surface area contributed by atoms with Gasteiger partial charge in [-0.1, -0.05) is 0 Å². The summed E-state index contributed by atoms with van der Waals surface area (Å²) in [5, 5.41) is 4.32. The van der Waals surface area contributed by atoms with Gasteiger partial charge in [-0.05, 0) is 38.1 Å². The topological polar surface area (TPSA) is 78.0 Å². The average molecular weight is 265 g/mol. The highest BCUT2D eigenvalue weighted by Crippen LogP contribution is 2.22. The standard InChI is InChI=1S/C12H15N3O2S/c1-8-6-9(2)15(14-8)12-5-4-10(7-11(12)13)18(3,16)17/h4-7H,13H2,1-3H3. The molecule has 0 aliphatic carbocycles. The van der Waals surface area contributed by atoms with Crippen LogP contribution in [-0.2, 0) is 9.84 Å². The van der Waals surface area contributed by atoms with Crippen molar-refractivity contribution in [3.8, 4) is 5.69 Å². The Morgan fingerprint density at radius 2 is 1.89 bits per heavy atom. The van der Waals surface area contributed by atoms with E-state index in [1.165, 1.54) is 12.1 Å². The van der Waals surface area contributed by atoms with Crippen LogP contribution in [-0.4, -0.2) is 24.5 Å². The van der Waals surface area contributed by atoms with Crippen LogP contribution in [0.15, 0.2) is 29.2 Å². The number of nitrogens with two attached hydrogens (primary N) is 1. The Morgan fingerprint density at radius 3 is 2.33 bits per heavy atom. The van der Waals surface area contributed by atoms with Gasteiger partial charge < -0.3 is 5.73 Å². The first-order valence-electron chi connectivity index (χ1n) is 5.42. The SMILES string of the molecule is Cc1cc(C)n(-c2ccc(S(C)(=O)=O)cc2N)n1. The summed E-state index contributed by atoms with van der Waals surface area (Å²) in [6.45, 7) is 3.81. The predicted molar refractivity (Wildman–Crippen MR) is 70.6 cm³/mol. The second kappa shape index (κ2) is 4.13. The van der Waals surface area contributed by atoms with E-state index in [0.717, 1.165) is 17.6 Å². The quantitative estimate of drug-likeness (QED) is 0.834. The summed E-state index contributed by atoms with van der Waals surface area (Å²) in [7, 11) is -3.24. The molecule has 1 heterocycles. The van der Waals surface area contributed by atoms with Gasteiger partial charge >= 0.3 is 0 Å². The van der Waals surface area contributed by atoms with E-state index in [2.05, 4.69) is 5.10 Å². The summed E-state index contributed by atoms with van der Waals surface area (Å²) in [5.74, 6) is 0. The Labute approximate surface area is 106 Å². The normalized spacial score (nSPS) is 11.7. The molecule has 0 aliphatic heterocycles. The zero-order chi connectivity index (χ0) is 13.5. The Morgan fingerprint density at radius 1 is 1.22 bits per heavy atom. The molecule has 2 aromatic rings. The number of benzene rings is 1. The largest absolute Gasteiger partial charge is 0.397 e. The number of hydrogen-bond acceptors (Lipinski definition) is 4. The van der Waals surface area contributed by atoms with Crippen LogP contribution >= 0.6 is 0 Å². The van der Waals surface area contributed by atoms with Gasteiger partial charge in [-0.3, -0.25) is 0 Å². The molecule has 0 radical (unpaired) electrons. The van der Waals surface area contributed by atoms with E-state index in [9.17, 15) is 8.42 Å². The maximum absolute atomic E-state index is 11.4. The van der Waals surface area contributed by atoms with Gasteiger partial charge in [0.25, 0.3) is 0 Å². The van der Waals surface area contributed by atoms with Crippen LogP contribution < -0.4 is 5.73 Å². The van der Waals surface area contributed by atoms with Crippen LogP contribution in [0.1, 0.15) is 11.4 Å². The van der Waals surface area contributed by atoms with Crippen molar-refractivity contribution in [2.45, 2.75) is 18.7 Å². The van der Waals surface area contributed by atoms with E-state index < -0.39 is 9.84 Å². The van der Waals surface area contributed by atoms with Gasteiger partial charge in [0.05, 0.1) is 22.0 Å². The van der Waals surface area contributed by atoms with Crippen molar-refractivity contribution in [2.75, 3.05) is 12.0 Å². The van der Waals surface area contributed by atoms with E-state index >= 15 is 0 Å². The summed E-state index contributed by atoms with van der Waals surface area (Å²) in [5.41, 5.74) is 8.82. The molecule has 0 saturated carbocycles. The number of nitrogen functional groups attached to an aromatic ring is 1. The minimum atomic E-state index is -3.24. The molecule has 0 amide bonds. The maximum Gasteiger partial charge on any atom is 0.175 e. The average Bonchev–Trinajstić information content (AvgIpc) is 2.56. The molecular weight excluding hydrogens is 250 g/mol. The fourth-order valence-electron chi connectivity index (χ4n) is 1.83. The van der Waals surface area contributed by atoms with Crippen LogP contribution in [0.5, 0.6) is 0 Å². The lowest BCUT2D eigenvalue weighted by Crippen LogP contribution is -2.05. The highest BCUT2D eigenvalue weighted by molar-refractivity contribution is 7.90. The lowest BCUT2D eigenvalue weighted by molar-refractivity contribution is 0.602. The third kappa shape index (κ3) is 2.24. The number of aromatic nitrogens is 2. The molecule has 0 atom stereocenters. The van der Waals surface area contributed by atoms with Gasteiger partial charge in [0.2, 0.25) is 0 Å². The number of aryl methyl sites for hydroxylation is 2. The van der Waals surface area contributed by atoms with Crippen LogP contribution in [0.3, 0.4) is 0 Å². The fourth-order valence-corrected chi connectivity index (χ4v) is 2.49. The van der Waals surface area contributed by atoms with Crippen LogP contribution in [0.4, 0.5) is 5.69 Å². The molecule has 0 unspecified atom stereocenters. The number of nitrogens with zero attached hydrogens (tertiary/aromatic N) is 2. The first kappa shape index (κ1) is 12.6. The van der Waals surface area contributed by atoms with E-state index in [4.69, 9.17) is 5.73 Å². The summed E-state index contributed by atoms with van der Waals surface area (Å²) < 4.78 is 24.6. The van der Waals surface area contributed by atoms with Crippen molar-refractivity contribution in [1.82, 2.24) is 9.78 Å². The Balaban J connectivity index is 2.58. The molecular formula is C12H15N3O2S. The van der Waals surface area contributed by atoms with Crippen molar-refractivity contribution in [3.63, 3.8) is 0 Å². The van der Waals surface area contributed by atoms with E-state index in [-0.39, 0.29) is 4.90 Å². The van der Waals surface area contributed by atoms with Crippen molar-refractivity contribution >= 4 is 15.5 Å². The van der Waals surface area contributed by atoms with Crippen molar-refractivity contribution in [2.24, 2.45) is 0 Å². The minimum absolute atomic E-state index is 0.213. The molecule has 1 aromatic carbocycles. The lowest BCUT2D eigenvalue weighted by Gasteiger charge is -2.09. The Hall–Kier alpha value is -1.82. The maximum atomic E-state index is 11.4.